The Bertz CT molecular complexity index is 1170. The highest BCUT2D eigenvalue weighted by atomic mass is 16.5. The molecule has 9 atom stereocenters. The first-order valence-electron chi connectivity index (χ1n) is 21.3. The third kappa shape index (κ3) is 11.3. The topological polar surface area (TPSA) is 46.5 Å². The lowest BCUT2D eigenvalue weighted by Crippen LogP contribution is -2.51. The summed E-state index contributed by atoms with van der Waals surface area (Å²) in [7, 11) is 0. The first kappa shape index (κ1) is 40.9. The van der Waals surface area contributed by atoms with Gasteiger partial charge in [-0.05, 0) is 130 Å². The van der Waals surface area contributed by atoms with Gasteiger partial charge >= 0.3 is 5.97 Å². The average Bonchev–Trinajstić information content (AvgIpc) is 3.44. The average molecular weight is 689 g/mol. The molecule has 0 aromatic rings. The number of carbonyl (C=O) groups excluding carboxylic acids is 1. The maximum atomic E-state index is 12.8. The monoisotopic (exact) mass is 689 g/mol. The van der Waals surface area contributed by atoms with Crippen LogP contribution in [0.15, 0.2) is 60.3 Å². The van der Waals surface area contributed by atoms with Gasteiger partial charge in [0.05, 0.1) is 6.10 Å². The molecule has 3 saturated carbocycles. The molecule has 50 heavy (non-hydrogen) atoms. The Labute approximate surface area is 308 Å². The quantitative estimate of drug-likeness (QED) is 0.0599. The molecule has 0 radical (unpaired) electrons. The van der Waals surface area contributed by atoms with Gasteiger partial charge in [-0.25, -0.2) is 0 Å². The van der Waals surface area contributed by atoms with Crippen LogP contribution in [0.1, 0.15) is 170 Å². The van der Waals surface area contributed by atoms with Crippen molar-refractivity contribution in [1.29, 1.82) is 0 Å². The SMILES string of the molecule is CCCCC/C=C\C=C/[C@@H](O)C/C=C\C/C=C/CCCC(=O)O[C@H]1CC[C@@]2(C)C(=CC[C@H]3[C@@H]4CC[C@H]([C@H](C)CCCC(C)C)[C@@]4(C)CC[C@@H]32)C1. The lowest BCUT2D eigenvalue weighted by molar-refractivity contribution is -0.151. The largest absolute Gasteiger partial charge is 0.462 e. The zero-order valence-electron chi connectivity index (χ0n) is 33.2. The minimum Gasteiger partial charge on any atom is -0.462 e. The molecular formula is C47H76O3. The molecule has 1 N–H and O–H groups in total. The van der Waals surface area contributed by atoms with E-state index in [2.05, 4.69) is 71.9 Å². The van der Waals surface area contributed by atoms with Crippen LogP contribution < -0.4 is 0 Å². The zero-order chi connectivity index (χ0) is 36.0. The third-order valence-electron chi connectivity index (χ3n) is 13.8. The smallest absolute Gasteiger partial charge is 0.306 e. The Kier molecular flexibility index (Phi) is 16.7. The van der Waals surface area contributed by atoms with Crippen LogP contribution in [0.2, 0.25) is 0 Å². The fourth-order valence-electron chi connectivity index (χ4n) is 10.9. The van der Waals surface area contributed by atoms with E-state index in [1.54, 1.807) is 5.57 Å². The fraction of sp³-hybridized carbons (Fsp3) is 0.766. The van der Waals surface area contributed by atoms with Gasteiger partial charge in [0.1, 0.15) is 6.10 Å². The van der Waals surface area contributed by atoms with Gasteiger partial charge in [-0.3, -0.25) is 4.79 Å². The van der Waals surface area contributed by atoms with Gasteiger partial charge in [-0.2, -0.15) is 0 Å². The van der Waals surface area contributed by atoms with Crippen LogP contribution in [0.3, 0.4) is 0 Å². The molecule has 0 aromatic heterocycles. The molecule has 0 aromatic carbocycles. The Morgan fingerprint density at radius 3 is 2.50 bits per heavy atom. The molecule has 0 heterocycles. The first-order valence-corrected chi connectivity index (χ1v) is 21.3. The van der Waals surface area contributed by atoms with Crippen LogP contribution in [0.25, 0.3) is 0 Å². The predicted octanol–water partition coefficient (Wildman–Crippen LogP) is 13.1. The highest BCUT2D eigenvalue weighted by Crippen LogP contribution is 2.67. The highest BCUT2D eigenvalue weighted by molar-refractivity contribution is 5.69. The first-order chi connectivity index (χ1) is 24.1. The summed E-state index contributed by atoms with van der Waals surface area (Å²) in [5.74, 6) is 5.12. The van der Waals surface area contributed by atoms with E-state index >= 15 is 0 Å². The number of hydrogen-bond acceptors (Lipinski definition) is 3. The summed E-state index contributed by atoms with van der Waals surface area (Å²) >= 11 is 0. The van der Waals surface area contributed by atoms with Crippen molar-refractivity contribution in [3.8, 4) is 0 Å². The number of esters is 1. The number of rotatable bonds is 20. The van der Waals surface area contributed by atoms with Crippen molar-refractivity contribution in [2.24, 2.45) is 46.3 Å². The number of unbranched alkanes of at least 4 members (excludes halogenated alkanes) is 4. The van der Waals surface area contributed by atoms with Gasteiger partial charge in [0, 0.05) is 12.8 Å². The maximum Gasteiger partial charge on any atom is 0.306 e. The Morgan fingerprint density at radius 2 is 1.70 bits per heavy atom. The highest BCUT2D eigenvalue weighted by Gasteiger charge is 2.59. The summed E-state index contributed by atoms with van der Waals surface area (Å²) in [5.41, 5.74) is 2.44. The van der Waals surface area contributed by atoms with Gasteiger partial charge in [0.2, 0.25) is 0 Å². The van der Waals surface area contributed by atoms with E-state index in [4.69, 9.17) is 4.74 Å². The van der Waals surface area contributed by atoms with Crippen molar-refractivity contribution in [2.75, 3.05) is 0 Å². The number of ether oxygens (including phenoxy) is 1. The molecule has 3 heteroatoms. The van der Waals surface area contributed by atoms with Crippen LogP contribution in [0, 0.1) is 46.3 Å². The van der Waals surface area contributed by atoms with Gasteiger partial charge in [-0.15, -0.1) is 0 Å². The molecule has 4 rings (SSSR count). The van der Waals surface area contributed by atoms with Crippen LogP contribution >= 0.6 is 0 Å². The van der Waals surface area contributed by atoms with Crippen molar-refractivity contribution < 1.29 is 14.6 Å². The van der Waals surface area contributed by atoms with Gasteiger partial charge in [-0.1, -0.05) is 134 Å². The number of hydrogen-bond donors (Lipinski definition) is 1. The third-order valence-corrected chi connectivity index (χ3v) is 13.8. The molecule has 0 unspecified atom stereocenters. The van der Waals surface area contributed by atoms with E-state index in [0.717, 1.165) is 74.0 Å². The second-order valence-corrected chi connectivity index (χ2v) is 17.8. The van der Waals surface area contributed by atoms with E-state index in [1.807, 2.05) is 24.3 Å². The summed E-state index contributed by atoms with van der Waals surface area (Å²) < 4.78 is 6.08. The van der Waals surface area contributed by atoms with Crippen molar-refractivity contribution in [3.05, 3.63) is 60.3 Å². The van der Waals surface area contributed by atoms with Crippen LogP contribution in [0.4, 0.5) is 0 Å². The molecule has 3 fully saturated rings. The Hall–Kier alpha value is -1.87. The summed E-state index contributed by atoms with van der Waals surface area (Å²) in [6.45, 7) is 14.8. The number of allylic oxidation sites excluding steroid dienone is 7. The molecule has 0 aliphatic heterocycles. The minimum atomic E-state index is -0.438. The second kappa shape index (κ2) is 20.4. The van der Waals surface area contributed by atoms with Gasteiger partial charge < -0.3 is 9.84 Å². The van der Waals surface area contributed by atoms with E-state index < -0.39 is 6.10 Å². The number of aliphatic hydroxyl groups is 1. The molecule has 282 valence electrons. The minimum absolute atomic E-state index is 0.0213. The van der Waals surface area contributed by atoms with Crippen molar-refractivity contribution in [2.45, 2.75) is 182 Å². The number of aliphatic hydroxyl groups excluding tert-OH is 1. The number of carbonyl (C=O) groups is 1. The zero-order valence-corrected chi connectivity index (χ0v) is 33.2. The van der Waals surface area contributed by atoms with Crippen molar-refractivity contribution in [1.82, 2.24) is 0 Å². The van der Waals surface area contributed by atoms with Gasteiger partial charge in [0.25, 0.3) is 0 Å². The van der Waals surface area contributed by atoms with Crippen LogP contribution in [-0.2, 0) is 9.53 Å². The summed E-state index contributed by atoms with van der Waals surface area (Å²) in [5, 5.41) is 10.1. The molecule has 3 nitrogen and oxygen atoms in total. The summed E-state index contributed by atoms with van der Waals surface area (Å²) in [4.78, 5) is 12.8. The maximum absolute atomic E-state index is 12.8. The lowest BCUT2D eigenvalue weighted by atomic mass is 9.47. The van der Waals surface area contributed by atoms with Gasteiger partial charge in [0.15, 0.2) is 0 Å². The molecule has 0 spiro atoms. The van der Waals surface area contributed by atoms with Crippen molar-refractivity contribution >= 4 is 5.97 Å². The fourth-order valence-corrected chi connectivity index (χ4v) is 10.9. The van der Waals surface area contributed by atoms with Crippen LogP contribution in [0.5, 0.6) is 0 Å². The predicted molar refractivity (Wildman–Crippen MR) is 213 cm³/mol. The van der Waals surface area contributed by atoms with E-state index in [1.165, 1.54) is 77.0 Å². The van der Waals surface area contributed by atoms with E-state index in [-0.39, 0.29) is 12.1 Å². The van der Waals surface area contributed by atoms with E-state index in [0.29, 0.717) is 23.7 Å². The molecule has 0 amide bonds. The lowest BCUT2D eigenvalue weighted by Gasteiger charge is -2.58. The Morgan fingerprint density at radius 1 is 0.900 bits per heavy atom. The molecule has 0 bridgehead atoms. The summed E-state index contributed by atoms with van der Waals surface area (Å²) in [6, 6.07) is 0. The molecule has 4 aliphatic rings. The van der Waals surface area contributed by atoms with Crippen LogP contribution in [-0.4, -0.2) is 23.3 Å². The Balaban J connectivity index is 1.13. The molecular weight excluding hydrogens is 613 g/mol. The number of fused-ring (bicyclic) bond motifs is 5. The normalized spacial score (nSPS) is 32.5. The standard InChI is InChI=1S/C47H76O3/c1-7-8-9-10-12-15-18-24-39(48)25-19-16-13-11-14-17-20-26-45(49)50-40-31-33-46(5)38(35-40)27-28-41-43-30-29-42(37(4)23-21-22-36(2)3)47(43,6)34-32-44(41)46/h11-12,14-16,18-19,24,27,36-37,39-44,48H,7-10,13,17,20-23,25-26,28-35H2,1-6H3/b14-11+,15-12-,19-16-,24-18-/t37-,39-,40+,41+,42-,43+,44+,46+,47-/m1/s1. The van der Waals surface area contributed by atoms with Crippen molar-refractivity contribution in [3.63, 3.8) is 0 Å². The molecule has 4 aliphatic carbocycles. The molecule has 0 saturated heterocycles. The van der Waals surface area contributed by atoms with E-state index in [9.17, 15) is 9.90 Å². The summed E-state index contributed by atoms with van der Waals surface area (Å²) in [6.07, 6.45) is 41.6. The second-order valence-electron chi connectivity index (χ2n) is 17.8.